The van der Waals surface area contributed by atoms with E-state index in [4.69, 9.17) is 4.74 Å². The quantitative estimate of drug-likeness (QED) is 0.814. The molecule has 0 aliphatic heterocycles. The Labute approximate surface area is 108 Å². The first-order valence-corrected chi connectivity index (χ1v) is 7.14. The van der Waals surface area contributed by atoms with Crippen molar-refractivity contribution in [2.45, 2.75) is 65.5 Å². The normalized spacial score (nSPS) is 32.5. The molecule has 2 nitrogen and oxygen atoms in total. The highest BCUT2D eigenvalue weighted by Crippen LogP contribution is 2.35. The van der Waals surface area contributed by atoms with Crippen molar-refractivity contribution in [1.82, 2.24) is 5.32 Å². The van der Waals surface area contributed by atoms with E-state index in [2.05, 4.69) is 47.0 Å². The predicted octanol–water partition coefficient (Wildman–Crippen LogP) is 3.46. The summed E-state index contributed by atoms with van der Waals surface area (Å²) in [5, 5.41) is 3.45. The molecule has 0 aromatic heterocycles. The molecule has 2 heteroatoms. The third kappa shape index (κ3) is 4.97. The minimum Gasteiger partial charge on any atom is -0.374 e. The number of rotatable bonds is 4. The monoisotopic (exact) mass is 241 g/mol. The second-order valence-corrected chi connectivity index (χ2v) is 6.85. The van der Waals surface area contributed by atoms with Crippen molar-refractivity contribution in [2.24, 2.45) is 17.8 Å². The highest BCUT2D eigenvalue weighted by molar-refractivity contribution is 4.83. The number of nitrogens with one attached hydrogen (secondary N) is 1. The smallest absolute Gasteiger partial charge is 0.0629 e. The Morgan fingerprint density at radius 1 is 1.18 bits per heavy atom. The van der Waals surface area contributed by atoms with Gasteiger partial charge in [0.25, 0.3) is 0 Å². The minimum absolute atomic E-state index is 0.0251. The molecule has 0 radical (unpaired) electrons. The molecule has 1 rings (SSSR count). The third-order valence-corrected chi connectivity index (χ3v) is 4.27. The Morgan fingerprint density at radius 3 is 2.29 bits per heavy atom. The van der Waals surface area contributed by atoms with Crippen LogP contribution in [0.15, 0.2) is 0 Å². The Kier molecular flexibility index (Phi) is 5.46. The van der Waals surface area contributed by atoms with E-state index in [1.54, 1.807) is 0 Å². The van der Waals surface area contributed by atoms with E-state index >= 15 is 0 Å². The standard InChI is InChI=1S/C15H31NO/c1-11-7-8-13(9-12(11)2)14(16-6)10-17-15(3,4)5/h11-14,16H,7-10H2,1-6H3. The minimum atomic E-state index is -0.0251. The summed E-state index contributed by atoms with van der Waals surface area (Å²) < 4.78 is 5.94. The van der Waals surface area contributed by atoms with Crippen LogP contribution in [0, 0.1) is 17.8 Å². The SMILES string of the molecule is CNC(COC(C)(C)C)C1CCC(C)C(C)C1. The highest BCUT2D eigenvalue weighted by atomic mass is 16.5. The lowest BCUT2D eigenvalue weighted by Crippen LogP contribution is -2.42. The molecule has 1 fully saturated rings. The van der Waals surface area contributed by atoms with Gasteiger partial charge >= 0.3 is 0 Å². The lowest BCUT2D eigenvalue weighted by Gasteiger charge is -2.37. The van der Waals surface area contributed by atoms with E-state index in [1.165, 1.54) is 19.3 Å². The van der Waals surface area contributed by atoms with Gasteiger partial charge in [0.2, 0.25) is 0 Å². The molecule has 1 aliphatic carbocycles. The Hall–Kier alpha value is -0.0800. The molecule has 0 amide bonds. The molecule has 0 aromatic carbocycles. The van der Waals surface area contributed by atoms with Crippen molar-refractivity contribution in [3.05, 3.63) is 0 Å². The third-order valence-electron chi connectivity index (χ3n) is 4.27. The first kappa shape index (κ1) is 15.0. The van der Waals surface area contributed by atoms with Crippen LogP contribution in [0.5, 0.6) is 0 Å². The van der Waals surface area contributed by atoms with E-state index in [0.29, 0.717) is 6.04 Å². The molecule has 102 valence electrons. The number of hydrogen-bond donors (Lipinski definition) is 1. The van der Waals surface area contributed by atoms with Crippen LogP contribution in [0.4, 0.5) is 0 Å². The molecule has 0 spiro atoms. The fraction of sp³-hybridized carbons (Fsp3) is 1.00. The Bertz CT molecular complexity index is 221. The summed E-state index contributed by atoms with van der Waals surface area (Å²) in [6.45, 7) is 12.0. The molecule has 0 heterocycles. The van der Waals surface area contributed by atoms with Crippen LogP contribution in [-0.2, 0) is 4.74 Å². The van der Waals surface area contributed by atoms with Gasteiger partial charge in [-0.15, -0.1) is 0 Å². The van der Waals surface area contributed by atoms with Gasteiger partial charge in [-0.3, -0.25) is 0 Å². The maximum atomic E-state index is 5.94. The second kappa shape index (κ2) is 6.19. The van der Waals surface area contributed by atoms with Gasteiger partial charge in [-0.1, -0.05) is 20.3 Å². The summed E-state index contributed by atoms with van der Waals surface area (Å²) in [5.41, 5.74) is -0.0251. The summed E-state index contributed by atoms with van der Waals surface area (Å²) >= 11 is 0. The molecule has 0 bridgehead atoms. The Morgan fingerprint density at radius 2 is 1.82 bits per heavy atom. The number of hydrogen-bond acceptors (Lipinski definition) is 2. The lowest BCUT2D eigenvalue weighted by molar-refractivity contribution is -0.0264. The van der Waals surface area contributed by atoms with Crippen molar-refractivity contribution in [2.75, 3.05) is 13.7 Å². The van der Waals surface area contributed by atoms with Gasteiger partial charge in [-0.05, 0) is 58.4 Å². The van der Waals surface area contributed by atoms with Crippen LogP contribution >= 0.6 is 0 Å². The maximum Gasteiger partial charge on any atom is 0.0629 e. The molecule has 0 saturated heterocycles. The molecular weight excluding hydrogens is 210 g/mol. The van der Waals surface area contributed by atoms with Crippen molar-refractivity contribution < 1.29 is 4.74 Å². The first-order chi connectivity index (χ1) is 7.83. The molecule has 1 saturated carbocycles. The largest absolute Gasteiger partial charge is 0.374 e. The lowest BCUT2D eigenvalue weighted by atomic mass is 9.73. The zero-order chi connectivity index (χ0) is 13.1. The van der Waals surface area contributed by atoms with Gasteiger partial charge in [0, 0.05) is 6.04 Å². The Balaban J connectivity index is 2.45. The van der Waals surface area contributed by atoms with Gasteiger partial charge in [0.05, 0.1) is 12.2 Å². The van der Waals surface area contributed by atoms with Gasteiger partial charge in [-0.25, -0.2) is 0 Å². The van der Waals surface area contributed by atoms with Crippen LogP contribution < -0.4 is 5.32 Å². The average molecular weight is 241 g/mol. The van der Waals surface area contributed by atoms with Gasteiger partial charge in [0.1, 0.15) is 0 Å². The fourth-order valence-corrected chi connectivity index (χ4v) is 2.75. The summed E-state index contributed by atoms with van der Waals surface area (Å²) in [5.74, 6) is 2.54. The molecule has 0 aromatic rings. The molecule has 17 heavy (non-hydrogen) atoms. The molecule has 1 aliphatic rings. The fourth-order valence-electron chi connectivity index (χ4n) is 2.75. The van der Waals surface area contributed by atoms with Crippen LogP contribution in [-0.4, -0.2) is 25.3 Å². The van der Waals surface area contributed by atoms with Crippen molar-refractivity contribution >= 4 is 0 Å². The van der Waals surface area contributed by atoms with E-state index in [-0.39, 0.29) is 5.60 Å². The summed E-state index contributed by atoms with van der Waals surface area (Å²) in [6, 6.07) is 0.518. The number of likely N-dealkylation sites (N-methyl/N-ethyl adjacent to an activating group) is 1. The van der Waals surface area contributed by atoms with Gasteiger partial charge < -0.3 is 10.1 Å². The van der Waals surface area contributed by atoms with Crippen LogP contribution in [0.25, 0.3) is 0 Å². The number of ether oxygens (including phenoxy) is 1. The highest BCUT2D eigenvalue weighted by Gasteiger charge is 2.30. The van der Waals surface area contributed by atoms with Crippen molar-refractivity contribution in [3.63, 3.8) is 0 Å². The van der Waals surface area contributed by atoms with E-state index < -0.39 is 0 Å². The first-order valence-electron chi connectivity index (χ1n) is 7.14. The zero-order valence-electron chi connectivity index (χ0n) is 12.5. The predicted molar refractivity (Wildman–Crippen MR) is 74.2 cm³/mol. The summed E-state index contributed by atoms with van der Waals surface area (Å²) in [7, 11) is 2.07. The van der Waals surface area contributed by atoms with E-state index in [9.17, 15) is 0 Å². The molecule has 4 unspecified atom stereocenters. The zero-order valence-corrected chi connectivity index (χ0v) is 12.5. The molecular formula is C15H31NO. The van der Waals surface area contributed by atoms with Crippen LogP contribution in [0.1, 0.15) is 53.9 Å². The van der Waals surface area contributed by atoms with Gasteiger partial charge in [-0.2, -0.15) is 0 Å². The molecule has 4 atom stereocenters. The summed E-state index contributed by atoms with van der Waals surface area (Å²) in [4.78, 5) is 0. The molecule has 1 N–H and O–H groups in total. The van der Waals surface area contributed by atoms with Crippen LogP contribution in [0.2, 0.25) is 0 Å². The maximum absolute atomic E-state index is 5.94. The summed E-state index contributed by atoms with van der Waals surface area (Å²) in [6.07, 6.45) is 4.07. The topological polar surface area (TPSA) is 21.3 Å². The second-order valence-electron chi connectivity index (χ2n) is 6.85. The van der Waals surface area contributed by atoms with Crippen molar-refractivity contribution in [3.8, 4) is 0 Å². The van der Waals surface area contributed by atoms with Crippen LogP contribution in [0.3, 0.4) is 0 Å². The van der Waals surface area contributed by atoms with Gasteiger partial charge in [0.15, 0.2) is 0 Å². The average Bonchev–Trinajstić information content (AvgIpc) is 2.22. The van der Waals surface area contributed by atoms with Crippen molar-refractivity contribution in [1.29, 1.82) is 0 Å². The van der Waals surface area contributed by atoms with E-state index in [0.717, 1.165) is 24.4 Å². The van der Waals surface area contributed by atoms with E-state index in [1.807, 2.05) is 0 Å².